The van der Waals surface area contributed by atoms with Crippen molar-refractivity contribution >= 4 is 44.2 Å². The van der Waals surface area contributed by atoms with Gasteiger partial charge in [0.1, 0.15) is 36.1 Å². The number of aromatic amines is 1. The Morgan fingerprint density at radius 3 is 2.67 bits per heavy atom. The summed E-state index contributed by atoms with van der Waals surface area (Å²) in [5.41, 5.74) is 4.09. The summed E-state index contributed by atoms with van der Waals surface area (Å²) in [5.74, 6) is 0.196. The van der Waals surface area contributed by atoms with E-state index in [9.17, 15) is 13.2 Å². The minimum absolute atomic E-state index is 0.195. The molecule has 5 aromatic heterocycles. The van der Waals surface area contributed by atoms with Crippen molar-refractivity contribution < 1.29 is 17.6 Å². The number of rotatable bonds is 12. The number of benzene rings is 1. The normalized spacial score (nSPS) is 14.4. The van der Waals surface area contributed by atoms with E-state index >= 15 is 0 Å². The van der Waals surface area contributed by atoms with Crippen molar-refractivity contribution in [3.63, 3.8) is 0 Å². The highest BCUT2D eigenvalue weighted by molar-refractivity contribution is 7.89. The lowest BCUT2D eigenvalue weighted by Crippen LogP contribution is -2.43. The fourth-order valence-electron chi connectivity index (χ4n) is 5.60. The summed E-state index contributed by atoms with van der Waals surface area (Å²) in [6, 6.07) is 11.3. The minimum Gasteiger partial charge on any atom is -0.451 e. The zero-order valence-corrected chi connectivity index (χ0v) is 27.0. The average molecular weight is 671 g/mol. The highest BCUT2D eigenvalue weighted by Gasteiger charge is 2.22. The maximum absolute atomic E-state index is 13.2. The lowest BCUT2D eigenvalue weighted by Gasteiger charge is -2.32. The van der Waals surface area contributed by atoms with Gasteiger partial charge in [0.25, 0.3) is 5.91 Å². The van der Waals surface area contributed by atoms with Crippen LogP contribution in [0.25, 0.3) is 11.0 Å². The molecule has 7 rings (SSSR count). The first-order valence-electron chi connectivity index (χ1n) is 15.4. The minimum atomic E-state index is -3.92. The summed E-state index contributed by atoms with van der Waals surface area (Å²) in [4.78, 5) is 30.6. The van der Waals surface area contributed by atoms with Crippen LogP contribution in [0.4, 0.5) is 17.2 Å². The van der Waals surface area contributed by atoms with Crippen LogP contribution in [0.15, 0.2) is 83.5 Å². The molecule has 0 radical (unpaired) electrons. The number of furan rings is 1. The standard InChI is InChI=1S/C31H34N12O4S/c1-40-11-13-41(14-12-40)17-22-4-6-24(7-5-22)37-31(44)28-26(16-35-39-28)38-29-25-8-10-42(30(25)34-20-33-29)9-2-3-23-15-27(47-18-23)48(45,46)43-21-32-19-36-43/h4-8,10,15-16,18-21H,2-3,9,11-14,17H2,1H3,(H,35,39)(H,37,44)(H,33,34,38). The predicted molar refractivity (Wildman–Crippen MR) is 176 cm³/mol. The van der Waals surface area contributed by atoms with E-state index in [1.54, 1.807) is 6.20 Å². The Morgan fingerprint density at radius 1 is 1.04 bits per heavy atom. The van der Waals surface area contributed by atoms with Gasteiger partial charge in [-0.15, -0.1) is 9.19 Å². The summed E-state index contributed by atoms with van der Waals surface area (Å²) < 4.78 is 33.3. The molecule has 17 heteroatoms. The molecule has 1 fully saturated rings. The molecular weight excluding hydrogens is 636 g/mol. The van der Waals surface area contributed by atoms with Crippen molar-refractivity contribution in [2.45, 2.75) is 31.0 Å². The van der Waals surface area contributed by atoms with Crippen LogP contribution < -0.4 is 10.6 Å². The first kappa shape index (κ1) is 31.2. The molecule has 0 spiro atoms. The van der Waals surface area contributed by atoms with Gasteiger partial charge in [0.15, 0.2) is 0 Å². The van der Waals surface area contributed by atoms with Gasteiger partial charge in [0.05, 0.1) is 23.5 Å². The van der Waals surface area contributed by atoms with Crippen LogP contribution in [0.3, 0.4) is 0 Å². The van der Waals surface area contributed by atoms with E-state index < -0.39 is 10.0 Å². The molecule has 0 saturated carbocycles. The molecule has 0 atom stereocenters. The van der Waals surface area contributed by atoms with E-state index in [2.05, 4.69) is 57.7 Å². The molecule has 0 bridgehead atoms. The third-order valence-electron chi connectivity index (χ3n) is 8.28. The molecule has 6 aromatic rings. The molecule has 0 aliphatic carbocycles. The Hall–Kier alpha value is -5.39. The molecule has 1 aromatic carbocycles. The number of hydrogen-bond acceptors (Lipinski definition) is 12. The van der Waals surface area contributed by atoms with Crippen LogP contribution >= 0.6 is 0 Å². The number of hydrogen-bond donors (Lipinski definition) is 3. The molecule has 3 N–H and O–H groups in total. The second-order valence-corrected chi connectivity index (χ2v) is 13.4. The van der Waals surface area contributed by atoms with E-state index in [0.717, 1.165) is 60.4 Å². The van der Waals surface area contributed by atoms with E-state index in [0.29, 0.717) is 42.2 Å². The van der Waals surface area contributed by atoms with Gasteiger partial charge in [-0.3, -0.25) is 14.8 Å². The molecular formula is C31H34N12O4S. The summed E-state index contributed by atoms with van der Waals surface area (Å²) in [6.07, 6.45) is 9.89. The van der Waals surface area contributed by atoms with E-state index in [-0.39, 0.29) is 16.7 Å². The predicted octanol–water partition coefficient (Wildman–Crippen LogP) is 2.95. The number of nitrogens with one attached hydrogen (secondary N) is 3. The van der Waals surface area contributed by atoms with Gasteiger partial charge in [0.2, 0.25) is 5.09 Å². The third kappa shape index (κ3) is 6.69. The zero-order valence-electron chi connectivity index (χ0n) is 26.2. The first-order chi connectivity index (χ1) is 23.3. The van der Waals surface area contributed by atoms with Gasteiger partial charge >= 0.3 is 10.0 Å². The van der Waals surface area contributed by atoms with Crippen molar-refractivity contribution in [3.05, 3.63) is 90.9 Å². The van der Waals surface area contributed by atoms with Crippen molar-refractivity contribution in [2.75, 3.05) is 43.9 Å². The molecule has 1 amide bonds. The average Bonchev–Trinajstić information content (AvgIpc) is 3.92. The smallest absolute Gasteiger partial charge is 0.317 e. The van der Waals surface area contributed by atoms with Gasteiger partial charge in [-0.2, -0.15) is 13.5 Å². The van der Waals surface area contributed by atoms with Gasteiger partial charge in [0, 0.05) is 57.2 Å². The summed E-state index contributed by atoms with van der Waals surface area (Å²) in [5, 5.41) is 17.3. The number of nitrogens with zero attached hydrogens (tertiary/aromatic N) is 9. The van der Waals surface area contributed by atoms with Crippen LogP contribution in [-0.2, 0) is 29.5 Å². The van der Waals surface area contributed by atoms with E-state index in [4.69, 9.17) is 4.42 Å². The monoisotopic (exact) mass is 670 g/mol. The van der Waals surface area contributed by atoms with Crippen molar-refractivity contribution in [1.82, 2.24) is 48.7 Å². The summed E-state index contributed by atoms with van der Waals surface area (Å²) in [6.45, 7) is 5.73. The fourth-order valence-corrected chi connectivity index (χ4v) is 6.60. The Labute approximate surface area is 275 Å². The largest absolute Gasteiger partial charge is 0.451 e. The molecule has 0 unspecified atom stereocenters. The third-order valence-corrected chi connectivity index (χ3v) is 9.69. The molecule has 1 saturated heterocycles. The number of carbonyl (C=O) groups is 1. The van der Waals surface area contributed by atoms with Crippen molar-refractivity contribution in [3.8, 4) is 0 Å². The number of carbonyl (C=O) groups excluding carboxylic acids is 1. The molecule has 16 nitrogen and oxygen atoms in total. The Morgan fingerprint density at radius 2 is 1.88 bits per heavy atom. The fraction of sp³-hybridized carbons (Fsp3) is 0.290. The molecule has 1 aliphatic heterocycles. The van der Waals surface area contributed by atoms with Gasteiger partial charge < -0.3 is 24.5 Å². The molecule has 6 heterocycles. The number of likely N-dealkylation sites (N-methyl/N-ethyl adjacent to an activating group) is 1. The molecule has 248 valence electrons. The molecule has 1 aliphatic rings. The van der Waals surface area contributed by atoms with Crippen molar-refractivity contribution in [2.24, 2.45) is 0 Å². The maximum Gasteiger partial charge on any atom is 0.317 e. The number of aryl methyl sites for hydroxylation is 2. The summed E-state index contributed by atoms with van der Waals surface area (Å²) >= 11 is 0. The topological polar surface area (TPSA) is 185 Å². The Balaban J connectivity index is 0.965. The van der Waals surface area contributed by atoms with Crippen LogP contribution in [0.2, 0.25) is 0 Å². The second-order valence-electron chi connectivity index (χ2n) is 11.6. The van der Waals surface area contributed by atoms with E-state index in [1.165, 1.54) is 24.2 Å². The zero-order chi connectivity index (χ0) is 33.1. The number of H-pyrrole nitrogens is 1. The van der Waals surface area contributed by atoms with Gasteiger partial charge in [-0.1, -0.05) is 12.1 Å². The summed E-state index contributed by atoms with van der Waals surface area (Å²) in [7, 11) is -1.77. The first-order valence-corrected chi connectivity index (χ1v) is 16.9. The number of piperazine rings is 1. The number of aromatic nitrogens is 8. The van der Waals surface area contributed by atoms with E-state index in [1.807, 2.05) is 41.1 Å². The van der Waals surface area contributed by atoms with Crippen LogP contribution in [0.1, 0.15) is 28.0 Å². The lowest BCUT2D eigenvalue weighted by molar-refractivity contribution is 0.102. The van der Waals surface area contributed by atoms with Crippen LogP contribution in [-0.4, -0.2) is 96.3 Å². The highest BCUT2D eigenvalue weighted by atomic mass is 32.2. The highest BCUT2D eigenvalue weighted by Crippen LogP contribution is 2.26. The number of anilines is 3. The van der Waals surface area contributed by atoms with Gasteiger partial charge in [-0.25, -0.2) is 15.0 Å². The van der Waals surface area contributed by atoms with Crippen molar-refractivity contribution in [1.29, 1.82) is 0 Å². The Bertz CT molecular complexity index is 2110. The second kappa shape index (κ2) is 13.4. The lowest BCUT2D eigenvalue weighted by atomic mass is 10.1. The molecule has 48 heavy (non-hydrogen) atoms. The number of amides is 1. The Kier molecular flexibility index (Phi) is 8.70. The van der Waals surface area contributed by atoms with Crippen LogP contribution in [0.5, 0.6) is 0 Å². The SMILES string of the molecule is CN1CCN(Cc2ccc(NC(=O)c3[nH]ncc3Nc3ncnc4c3ccn4CCCc3coc(S(=O)(=O)n4cncn4)c3)cc2)CC1. The maximum atomic E-state index is 13.2. The quantitative estimate of drug-likeness (QED) is 0.173. The van der Waals surface area contributed by atoms with Crippen LogP contribution in [0, 0.1) is 0 Å². The van der Waals surface area contributed by atoms with Gasteiger partial charge in [-0.05, 0) is 49.2 Å². The number of fused-ring (bicyclic) bond motifs is 1.